The molecule has 1 aliphatic rings. The third-order valence-corrected chi connectivity index (χ3v) is 3.21. The van der Waals surface area contributed by atoms with Crippen LogP contribution in [0.15, 0.2) is 10.6 Å². The van der Waals surface area contributed by atoms with Crippen molar-refractivity contribution < 1.29 is 19.2 Å². The van der Waals surface area contributed by atoms with Gasteiger partial charge in [0.2, 0.25) is 0 Å². The molecule has 1 saturated carbocycles. The van der Waals surface area contributed by atoms with Crippen LogP contribution in [0.5, 0.6) is 5.75 Å². The Hall–Kier alpha value is -2.11. The summed E-state index contributed by atoms with van der Waals surface area (Å²) in [5.41, 5.74) is 1.83. The van der Waals surface area contributed by atoms with E-state index in [1.165, 1.54) is 0 Å². The summed E-state index contributed by atoms with van der Waals surface area (Å²) in [5.74, 6) is 0.753. The van der Waals surface area contributed by atoms with Crippen LogP contribution in [0.3, 0.4) is 0 Å². The van der Waals surface area contributed by atoms with Crippen molar-refractivity contribution in [3.05, 3.63) is 17.5 Å². The van der Waals surface area contributed by atoms with Crippen molar-refractivity contribution in [2.24, 2.45) is 0 Å². The Labute approximate surface area is 109 Å². The lowest BCUT2D eigenvalue weighted by molar-refractivity contribution is 0.145. The molecular formula is C13H14N2O4. The molecule has 0 bridgehead atoms. The molecule has 2 heterocycles. The summed E-state index contributed by atoms with van der Waals surface area (Å²) in [6, 6.07) is 1.66. The summed E-state index contributed by atoms with van der Waals surface area (Å²) in [6.45, 7) is 3.94. The number of aromatic nitrogens is 2. The first-order valence-electron chi connectivity index (χ1n) is 6.27. The monoisotopic (exact) mass is 262 g/mol. The number of pyridine rings is 1. The minimum Gasteiger partial charge on any atom is -0.449 e. The maximum Gasteiger partial charge on any atom is 0.511 e. The van der Waals surface area contributed by atoms with Crippen LogP contribution in [-0.4, -0.2) is 21.4 Å². The van der Waals surface area contributed by atoms with Crippen LogP contribution in [0.2, 0.25) is 0 Å². The molecule has 1 fully saturated rings. The van der Waals surface area contributed by atoms with Crippen molar-refractivity contribution in [3.63, 3.8) is 0 Å². The van der Waals surface area contributed by atoms with Gasteiger partial charge in [-0.2, -0.15) is 0 Å². The second kappa shape index (κ2) is 4.22. The smallest absolute Gasteiger partial charge is 0.449 e. The first-order chi connectivity index (χ1) is 9.06. The van der Waals surface area contributed by atoms with Crippen LogP contribution in [0.25, 0.3) is 11.1 Å². The van der Waals surface area contributed by atoms with Crippen LogP contribution >= 0.6 is 0 Å². The van der Waals surface area contributed by atoms with E-state index in [1.54, 1.807) is 6.07 Å². The molecule has 6 heteroatoms. The Bertz CT molecular complexity index is 643. The van der Waals surface area contributed by atoms with Crippen molar-refractivity contribution in [1.82, 2.24) is 10.1 Å². The van der Waals surface area contributed by atoms with Gasteiger partial charge in [-0.1, -0.05) is 19.0 Å². The lowest BCUT2D eigenvalue weighted by atomic mass is 10.1. The van der Waals surface area contributed by atoms with Crippen molar-refractivity contribution in [2.45, 2.75) is 38.5 Å². The summed E-state index contributed by atoms with van der Waals surface area (Å²) < 4.78 is 10.1. The van der Waals surface area contributed by atoms with E-state index < -0.39 is 6.16 Å². The van der Waals surface area contributed by atoms with E-state index in [2.05, 4.69) is 10.1 Å². The lowest BCUT2D eigenvalue weighted by Crippen LogP contribution is -2.05. The summed E-state index contributed by atoms with van der Waals surface area (Å²) in [5, 5.41) is 13.5. The van der Waals surface area contributed by atoms with Crippen LogP contribution in [0.4, 0.5) is 4.79 Å². The SMILES string of the molecule is CC(C)c1cc(OC(=O)O)c2c(C3CC3)noc2n1. The highest BCUT2D eigenvalue weighted by Crippen LogP contribution is 2.45. The Balaban J connectivity index is 2.20. The summed E-state index contributed by atoms with van der Waals surface area (Å²) in [7, 11) is 0. The molecule has 0 radical (unpaired) electrons. The number of carbonyl (C=O) groups is 1. The van der Waals surface area contributed by atoms with Gasteiger partial charge in [0.1, 0.15) is 11.1 Å². The predicted molar refractivity (Wildman–Crippen MR) is 66.5 cm³/mol. The molecule has 2 aromatic rings. The quantitative estimate of drug-likeness (QED) is 0.854. The van der Waals surface area contributed by atoms with E-state index in [0.29, 0.717) is 17.0 Å². The molecule has 0 aromatic carbocycles. The third-order valence-electron chi connectivity index (χ3n) is 3.21. The zero-order valence-corrected chi connectivity index (χ0v) is 10.7. The summed E-state index contributed by atoms with van der Waals surface area (Å²) in [4.78, 5) is 15.2. The number of ether oxygens (including phenoxy) is 1. The second-order valence-electron chi connectivity index (χ2n) is 5.09. The standard InChI is InChI=1S/C13H14N2O4/c1-6(2)8-5-9(18-13(16)17)10-11(7-3-4-7)15-19-12(10)14-8/h5-7H,3-4H2,1-2H3,(H,16,17). The van der Waals surface area contributed by atoms with Gasteiger partial charge in [0.05, 0.1) is 5.69 Å². The molecule has 19 heavy (non-hydrogen) atoms. The molecule has 0 unspecified atom stereocenters. The molecule has 0 saturated heterocycles. The summed E-state index contributed by atoms with van der Waals surface area (Å²) >= 11 is 0. The number of nitrogens with zero attached hydrogens (tertiary/aromatic N) is 2. The van der Waals surface area contributed by atoms with Gasteiger partial charge < -0.3 is 14.4 Å². The zero-order chi connectivity index (χ0) is 13.6. The highest BCUT2D eigenvalue weighted by Gasteiger charge is 2.32. The minimum absolute atomic E-state index is 0.148. The number of rotatable bonds is 3. The fourth-order valence-electron chi connectivity index (χ4n) is 2.06. The lowest BCUT2D eigenvalue weighted by Gasteiger charge is -2.07. The van der Waals surface area contributed by atoms with Crippen LogP contribution in [0, 0.1) is 0 Å². The molecule has 0 amide bonds. The van der Waals surface area contributed by atoms with Gasteiger partial charge in [-0.25, -0.2) is 9.78 Å². The van der Waals surface area contributed by atoms with E-state index in [0.717, 1.165) is 24.2 Å². The number of fused-ring (bicyclic) bond motifs is 1. The summed E-state index contributed by atoms with van der Waals surface area (Å²) in [6.07, 6.45) is 0.741. The molecule has 6 nitrogen and oxygen atoms in total. The zero-order valence-electron chi connectivity index (χ0n) is 10.7. The normalized spacial score (nSPS) is 15.1. The van der Waals surface area contributed by atoms with Gasteiger partial charge in [-0.05, 0) is 18.8 Å². The molecule has 1 aliphatic carbocycles. The van der Waals surface area contributed by atoms with Crippen molar-refractivity contribution in [1.29, 1.82) is 0 Å². The van der Waals surface area contributed by atoms with E-state index >= 15 is 0 Å². The van der Waals surface area contributed by atoms with E-state index in [4.69, 9.17) is 14.4 Å². The molecule has 3 rings (SSSR count). The van der Waals surface area contributed by atoms with Crippen LogP contribution in [-0.2, 0) is 0 Å². The van der Waals surface area contributed by atoms with Gasteiger partial charge >= 0.3 is 6.16 Å². The molecule has 0 atom stereocenters. The number of carboxylic acid groups (broad SMARTS) is 1. The Morgan fingerprint density at radius 2 is 2.26 bits per heavy atom. The number of hydrogen-bond donors (Lipinski definition) is 1. The molecule has 100 valence electrons. The average molecular weight is 262 g/mol. The topological polar surface area (TPSA) is 85.5 Å². The highest BCUT2D eigenvalue weighted by molar-refractivity contribution is 5.86. The third kappa shape index (κ3) is 2.14. The van der Waals surface area contributed by atoms with Crippen LogP contribution < -0.4 is 4.74 Å². The maximum absolute atomic E-state index is 10.8. The molecule has 0 aliphatic heterocycles. The first kappa shape index (κ1) is 12.0. The van der Waals surface area contributed by atoms with Crippen LogP contribution in [0.1, 0.15) is 49.9 Å². The fourth-order valence-corrected chi connectivity index (χ4v) is 2.06. The minimum atomic E-state index is -1.34. The van der Waals surface area contributed by atoms with Gasteiger partial charge in [-0.15, -0.1) is 0 Å². The highest BCUT2D eigenvalue weighted by atomic mass is 16.7. The van der Waals surface area contributed by atoms with Gasteiger partial charge in [-0.3, -0.25) is 0 Å². The Morgan fingerprint density at radius 1 is 1.53 bits per heavy atom. The maximum atomic E-state index is 10.8. The Kier molecular flexibility index (Phi) is 2.66. The predicted octanol–water partition coefficient (Wildman–Crippen LogP) is 3.28. The molecule has 2 aromatic heterocycles. The van der Waals surface area contributed by atoms with E-state index in [9.17, 15) is 4.79 Å². The molecule has 0 spiro atoms. The van der Waals surface area contributed by atoms with E-state index in [1.807, 2.05) is 13.8 Å². The largest absolute Gasteiger partial charge is 0.511 e. The van der Waals surface area contributed by atoms with Gasteiger partial charge in [0, 0.05) is 12.0 Å². The van der Waals surface area contributed by atoms with Gasteiger partial charge in [0.15, 0.2) is 5.75 Å². The van der Waals surface area contributed by atoms with Crippen molar-refractivity contribution in [2.75, 3.05) is 0 Å². The second-order valence-corrected chi connectivity index (χ2v) is 5.09. The average Bonchev–Trinajstić information content (AvgIpc) is 3.08. The number of hydrogen-bond acceptors (Lipinski definition) is 5. The van der Waals surface area contributed by atoms with Gasteiger partial charge in [0.25, 0.3) is 5.71 Å². The van der Waals surface area contributed by atoms with Crippen molar-refractivity contribution >= 4 is 17.3 Å². The first-order valence-corrected chi connectivity index (χ1v) is 6.27. The molecule has 1 N–H and O–H groups in total. The fraction of sp³-hybridized carbons (Fsp3) is 0.462. The molecular weight excluding hydrogens is 248 g/mol. The van der Waals surface area contributed by atoms with Crippen molar-refractivity contribution in [3.8, 4) is 5.75 Å². The van der Waals surface area contributed by atoms with E-state index in [-0.39, 0.29) is 11.7 Å². The Morgan fingerprint density at radius 3 is 2.84 bits per heavy atom.